The lowest BCUT2D eigenvalue weighted by Crippen LogP contribution is -2.31. The molecule has 0 bridgehead atoms. The third kappa shape index (κ3) is 4.40. The molecule has 0 radical (unpaired) electrons. The number of pyridine rings is 1. The van der Waals surface area contributed by atoms with Gasteiger partial charge < -0.3 is 4.98 Å². The summed E-state index contributed by atoms with van der Waals surface area (Å²) < 4.78 is 36.9. The van der Waals surface area contributed by atoms with Crippen molar-refractivity contribution < 1.29 is 22.8 Å². The predicted octanol–water partition coefficient (Wildman–Crippen LogP) is 1.71. The van der Waals surface area contributed by atoms with Crippen molar-refractivity contribution in [2.45, 2.75) is 20.0 Å². The maximum absolute atomic E-state index is 12.3. The van der Waals surface area contributed by atoms with Gasteiger partial charge in [0.15, 0.2) is 0 Å². The van der Waals surface area contributed by atoms with E-state index in [9.17, 15) is 22.8 Å². The van der Waals surface area contributed by atoms with Crippen LogP contribution in [0.15, 0.2) is 16.9 Å². The first-order valence-electron chi connectivity index (χ1n) is 5.44. The van der Waals surface area contributed by atoms with E-state index in [4.69, 9.17) is 4.84 Å². The zero-order valence-electron chi connectivity index (χ0n) is 10.3. The van der Waals surface area contributed by atoms with Crippen LogP contribution in [0.25, 0.3) is 0 Å². The second kappa shape index (κ2) is 5.87. The van der Waals surface area contributed by atoms with Gasteiger partial charge in [-0.3, -0.25) is 14.4 Å². The fourth-order valence-electron chi connectivity index (χ4n) is 1.15. The fourth-order valence-corrected chi connectivity index (χ4v) is 1.15. The first-order chi connectivity index (χ1) is 8.71. The van der Waals surface area contributed by atoms with Crippen LogP contribution in [0.2, 0.25) is 0 Å². The van der Waals surface area contributed by atoms with Crippen molar-refractivity contribution in [3.05, 3.63) is 33.7 Å². The topological polar surface area (TPSA) is 71.2 Å². The SMILES string of the molecule is CC(C)CONC(=O)c1ccc(C(F)(F)F)[nH]c1=O. The Balaban J connectivity index is 2.80. The Bertz CT molecular complexity index is 509. The summed E-state index contributed by atoms with van der Waals surface area (Å²) in [6.07, 6.45) is -4.66. The molecule has 1 rings (SSSR count). The Morgan fingerprint density at radius 2 is 2.05 bits per heavy atom. The van der Waals surface area contributed by atoms with Crippen LogP contribution in [0.3, 0.4) is 0 Å². The summed E-state index contributed by atoms with van der Waals surface area (Å²) in [5.41, 5.74) is -0.794. The van der Waals surface area contributed by atoms with E-state index in [1.54, 1.807) is 4.98 Å². The largest absolute Gasteiger partial charge is 0.431 e. The van der Waals surface area contributed by atoms with E-state index in [0.717, 1.165) is 6.07 Å². The highest BCUT2D eigenvalue weighted by Crippen LogP contribution is 2.26. The van der Waals surface area contributed by atoms with Crippen LogP contribution in [-0.2, 0) is 11.0 Å². The first kappa shape index (κ1) is 15.2. The van der Waals surface area contributed by atoms with Gasteiger partial charge in [0.1, 0.15) is 11.3 Å². The fraction of sp³-hybridized carbons (Fsp3) is 0.455. The molecule has 1 amide bonds. The minimum Gasteiger partial charge on any atom is -0.318 e. The number of aromatic nitrogens is 1. The van der Waals surface area contributed by atoms with Gasteiger partial charge in [-0.2, -0.15) is 13.2 Å². The molecule has 0 unspecified atom stereocenters. The molecular weight excluding hydrogens is 265 g/mol. The van der Waals surface area contributed by atoms with E-state index < -0.39 is 28.9 Å². The predicted molar refractivity (Wildman–Crippen MR) is 60.3 cm³/mol. The Labute approximate surface area is 106 Å². The van der Waals surface area contributed by atoms with Crippen LogP contribution in [0.5, 0.6) is 0 Å². The number of rotatable bonds is 4. The van der Waals surface area contributed by atoms with Gasteiger partial charge in [0.05, 0.1) is 6.61 Å². The van der Waals surface area contributed by atoms with Crippen molar-refractivity contribution >= 4 is 5.91 Å². The minimum absolute atomic E-state index is 0.159. The van der Waals surface area contributed by atoms with E-state index in [1.807, 2.05) is 19.3 Å². The standard InChI is InChI=1S/C11H13F3N2O3/c1-6(2)5-19-16-10(18)7-3-4-8(11(12,13)14)15-9(7)17/h3-4,6H,5H2,1-2H3,(H,15,17)(H,16,18). The smallest absolute Gasteiger partial charge is 0.318 e. The zero-order chi connectivity index (χ0) is 14.6. The quantitative estimate of drug-likeness (QED) is 0.824. The summed E-state index contributed by atoms with van der Waals surface area (Å²) >= 11 is 0. The van der Waals surface area contributed by atoms with E-state index in [1.165, 1.54) is 0 Å². The molecule has 1 aromatic rings. The first-order valence-corrected chi connectivity index (χ1v) is 5.44. The Morgan fingerprint density at radius 1 is 1.42 bits per heavy atom. The number of carbonyl (C=O) groups excluding carboxylic acids is 1. The number of nitrogens with one attached hydrogen (secondary N) is 2. The maximum atomic E-state index is 12.3. The second-order valence-corrected chi connectivity index (χ2v) is 4.25. The third-order valence-corrected chi connectivity index (χ3v) is 2.04. The van der Waals surface area contributed by atoms with Crippen molar-refractivity contribution in [3.8, 4) is 0 Å². The molecular formula is C11H13F3N2O3. The number of amides is 1. The summed E-state index contributed by atoms with van der Waals surface area (Å²) in [5.74, 6) is -0.734. The summed E-state index contributed by atoms with van der Waals surface area (Å²) in [4.78, 5) is 29.2. The molecule has 0 saturated carbocycles. The molecule has 1 heterocycles. The van der Waals surface area contributed by atoms with Crippen molar-refractivity contribution in [2.75, 3.05) is 6.61 Å². The number of halogens is 3. The molecule has 2 N–H and O–H groups in total. The normalized spacial score (nSPS) is 11.7. The highest BCUT2D eigenvalue weighted by atomic mass is 19.4. The highest BCUT2D eigenvalue weighted by Gasteiger charge is 2.32. The summed E-state index contributed by atoms with van der Waals surface area (Å²) in [6.45, 7) is 3.92. The zero-order valence-corrected chi connectivity index (χ0v) is 10.3. The van der Waals surface area contributed by atoms with Gasteiger partial charge in [0.2, 0.25) is 0 Å². The number of aromatic amines is 1. The van der Waals surface area contributed by atoms with Gasteiger partial charge in [-0.15, -0.1) is 0 Å². The molecule has 106 valence electrons. The van der Waals surface area contributed by atoms with Gasteiger partial charge in [-0.1, -0.05) is 13.8 Å². The molecule has 0 aliphatic rings. The second-order valence-electron chi connectivity index (χ2n) is 4.25. The van der Waals surface area contributed by atoms with Gasteiger partial charge in [0.25, 0.3) is 11.5 Å². The molecule has 19 heavy (non-hydrogen) atoms. The van der Waals surface area contributed by atoms with E-state index in [2.05, 4.69) is 0 Å². The number of alkyl halides is 3. The van der Waals surface area contributed by atoms with E-state index in [0.29, 0.717) is 6.07 Å². The molecule has 0 aromatic carbocycles. The Morgan fingerprint density at radius 3 is 2.53 bits per heavy atom. The Kier molecular flexibility index (Phi) is 4.71. The lowest BCUT2D eigenvalue weighted by Gasteiger charge is -2.09. The van der Waals surface area contributed by atoms with Gasteiger partial charge in [-0.25, -0.2) is 5.48 Å². The van der Waals surface area contributed by atoms with Crippen LogP contribution >= 0.6 is 0 Å². The average Bonchev–Trinajstić information content (AvgIpc) is 2.26. The average molecular weight is 278 g/mol. The van der Waals surface area contributed by atoms with Crippen molar-refractivity contribution in [1.82, 2.24) is 10.5 Å². The number of H-pyrrole nitrogens is 1. The molecule has 0 spiro atoms. The summed E-state index contributed by atoms with van der Waals surface area (Å²) in [5, 5.41) is 0. The van der Waals surface area contributed by atoms with Gasteiger partial charge >= 0.3 is 6.18 Å². The van der Waals surface area contributed by atoms with Gasteiger partial charge in [0, 0.05) is 0 Å². The maximum Gasteiger partial charge on any atom is 0.431 e. The van der Waals surface area contributed by atoms with Crippen LogP contribution in [0.4, 0.5) is 13.2 Å². The molecule has 0 saturated heterocycles. The minimum atomic E-state index is -4.66. The van der Waals surface area contributed by atoms with E-state index >= 15 is 0 Å². The van der Waals surface area contributed by atoms with Crippen LogP contribution in [0, 0.1) is 5.92 Å². The number of hydrogen-bond acceptors (Lipinski definition) is 3. The van der Waals surface area contributed by atoms with Crippen LogP contribution in [0.1, 0.15) is 29.9 Å². The number of hydroxylamine groups is 1. The lowest BCUT2D eigenvalue weighted by atomic mass is 10.2. The number of hydrogen-bond donors (Lipinski definition) is 2. The molecule has 0 aliphatic heterocycles. The summed E-state index contributed by atoms with van der Waals surface area (Å²) in [7, 11) is 0. The summed E-state index contributed by atoms with van der Waals surface area (Å²) in [6, 6.07) is 1.43. The van der Waals surface area contributed by atoms with Gasteiger partial charge in [-0.05, 0) is 18.1 Å². The molecule has 0 atom stereocenters. The third-order valence-electron chi connectivity index (χ3n) is 2.04. The van der Waals surface area contributed by atoms with Crippen LogP contribution < -0.4 is 11.0 Å². The number of carbonyl (C=O) groups is 1. The molecule has 0 fully saturated rings. The monoisotopic (exact) mass is 278 g/mol. The highest BCUT2D eigenvalue weighted by molar-refractivity contribution is 5.93. The Hall–Kier alpha value is -1.83. The molecule has 8 heteroatoms. The molecule has 5 nitrogen and oxygen atoms in total. The lowest BCUT2D eigenvalue weighted by molar-refractivity contribution is -0.141. The van der Waals surface area contributed by atoms with E-state index in [-0.39, 0.29) is 12.5 Å². The van der Waals surface area contributed by atoms with Crippen molar-refractivity contribution in [1.29, 1.82) is 0 Å². The van der Waals surface area contributed by atoms with Crippen molar-refractivity contribution in [2.24, 2.45) is 5.92 Å². The van der Waals surface area contributed by atoms with Crippen LogP contribution in [-0.4, -0.2) is 17.5 Å². The molecule has 1 aromatic heterocycles. The molecule has 0 aliphatic carbocycles. The van der Waals surface area contributed by atoms with Crippen molar-refractivity contribution in [3.63, 3.8) is 0 Å².